The Hall–Kier alpha value is -3.35. The van der Waals surface area contributed by atoms with Gasteiger partial charge in [-0.15, -0.1) is 21.5 Å². The van der Waals surface area contributed by atoms with E-state index in [4.69, 9.17) is 16.0 Å². The highest BCUT2D eigenvalue weighted by Crippen LogP contribution is 2.33. The first-order chi connectivity index (χ1) is 18.2. The van der Waals surface area contributed by atoms with Crippen LogP contribution in [-0.2, 0) is 22.6 Å². The smallest absolute Gasteiger partial charge is 0.314 e. The largest absolute Gasteiger partial charge is 0.425 e. The molecule has 0 saturated heterocycles. The van der Waals surface area contributed by atoms with E-state index in [1.165, 1.54) is 0 Å². The van der Waals surface area contributed by atoms with E-state index in [2.05, 4.69) is 43.1 Å². The Morgan fingerprint density at radius 3 is 2.66 bits per heavy atom. The number of carbonyl (C=O) groups excluding carboxylic acids is 3. The molecule has 0 radical (unpaired) electrons. The number of hydrogen-bond acceptors (Lipinski definition) is 9. The van der Waals surface area contributed by atoms with Gasteiger partial charge in [-0.2, -0.15) is 0 Å². The maximum absolute atomic E-state index is 13.3. The molecule has 3 amide bonds. The number of amides is 3. The summed E-state index contributed by atoms with van der Waals surface area (Å²) in [6.07, 6.45) is 2.38. The third-order valence-electron chi connectivity index (χ3n) is 6.86. The highest BCUT2D eigenvalue weighted by Gasteiger charge is 2.36. The lowest BCUT2D eigenvalue weighted by atomic mass is 9.82. The number of pyridine rings is 1. The Kier molecular flexibility index (Phi) is 7.73. The molecule has 4 heterocycles. The number of halogens is 1. The molecule has 0 bridgehead atoms. The number of fused-ring (bicyclic) bond motifs is 1. The fourth-order valence-corrected chi connectivity index (χ4v) is 5.85. The van der Waals surface area contributed by atoms with Gasteiger partial charge in [0.05, 0.1) is 15.4 Å². The predicted molar refractivity (Wildman–Crippen MR) is 141 cm³/mol. The number of aromatic nitrogens is 3. The Morgan fingerprint density at radius 1 is 1.08 bits per heavy atom. The topological polar surface area (TPSA) is 142 Å². The van der Waals surface area contributed by atoms with Gasteiger partial charge < -0.3 is 25.3 Å². The lowest BCUT2D eigenvalue weighted by molar-refractivity contribution is -0.136. The second-order valence-electron chi connectivity index (χ2n) is 9.68. The van der Waals surface area contributed by atoms with Gasteiger partial charge in [0, 0.05) is 44.1 Å². The molecule has 0 aromatic carbocycles. The average Bonchev–Trinajstić information content (AvgIpc) is 3.52. The molecule has 2 aliphatic rings. The lowest BCUT2D eigenvalue weighted by Crippen LogP contribution is -2.56. The van der Waals surface area contributed by atoms with Crippen LogP contribution in [0.5, 0.6) is 0 Å². The summed E-state index contributed by atoms with van der Waals surface area (Å²) < 4.78 is 6.14. The van der Waals surface area contributed by atoms with Gasteiger partial charge in [-0.05, 0) is 50.1 Å². The number of nitrogens with zero attached hydrogens (tertiary/aromatic N) is 4. The van der Waals surface area contributed by atoms with Gasteiger partial charge in [0.2, 0.25) is 11.8 Å². The molecule has 3 N–H and O–H groups in total. The maximum Gasteiger partial charge on any atom is 0.314 e. The third-order valence-corrected chi connectivity index (χ3v) is 8.01. The molecule has 0 spiro atoms. The van der Waals surface area contributed by atoms with Gasteiger partial charge >= 0.3 is 11.8 Å². The number of hydrogen-bond donors (Lipinski definition) is 3. The maximum atomic E-state index is 13.3. The molecule has 0 unspecified atom stereocenters. The molecule has 3 aromatic rings. The van der Waals surface area contributed by atoms with Crippen LogP contribution in [0, 0.1) is 6.92 Å². The summed E-state index contributed by atoms with van der Waals surface area (Å²) in [5, 5.41) is 16.9. The van der Waals surface area contributed by atoms with Crippen molar-refractivity contribution < 1.29 is 18.8 Å². The summed E-state index contributed by atoms with van der Waals surface area (Å²) in [4.78, 5) is 45.4. The fraction of sp³-hybridized carbons (Fsp3) is 0.440. The zero-order chi connectivity index (χ0) is 26.8. The molecule has 11 nitrogen and oxygen atoms in total. The standard InChI is InChI=1S/C25H28ClN7O4S/c1-13-31-32-25(37-13)14-3-5-17(28-23(35)24(36)30-21-8-7-20(26)38-21)19(11-14)29-22(34)18-6-4-15-12-33(2)10-9-16(15)27-18/h4,6-8,14,17,19H,3,5,9-12H2,1-2H3,(H,28,35)(H,29,34)(H,30,36)/t14-,17-,19+/m0/s1. The first-order valence-corrected chi connectivity index (χ1v) is 13.6. The Morgan fingerprint density at radius 2 is 1.92 bits per heavy atom. The SMILES string of the molecule is Cc1nnc([C@H]2CC[C@H](NC(=O)C(=O)Nc3ccc(Cl)s3)[C@H](NC(=O)c3ccc4c(n3)CCN(C)C4)C2)o1. The van der Waals surface area contributed by atoms with E-state index >= 15 is 0 Å². The molecule has 13 heteroatoms. The molecule has 1 fully saturated rings. The van der Waals surface area contributed by atoms with E-state index in [9.17, 15) is 14.4 Å². The predicted octanol–water partition coefficient (Wildman–Crippen LogP) is 2.67. The summed E-state index contributed by atoms with van der Waals surface area (Å²) in [5.74, 6) is -1.06. The van der Waals surface area contributed by atoms with Crippen molar-refractivity contribution in [2.45, 2.75) is 57.2 Å². The van der Waals surface area contributed by atoms with E-state index in [0.717, 1.165) is 42.1 Å². The van der Waals surface area contributed by atoms with Gasteiger partial charge in [0.15, 0.2) is 0 Å². The van der Waals surface area contributed by atoms with E-state index in [1.54, 1.807) is 25.1 Å². The average molecular weight is 558 g/mol. The lowest BCUT2D eigenvalue weighted by Gasteiger charge is -2.35. The molecule has 5 rings (SSSR count). The van der Waals surface area contributed by atoms with Crippen molar-refractivity contribution in [2.75, 3.05) is 18.9 Å². The van der Waals surface area contributed by atoms with Crippen LogP contribution < -0.4 is 16.0 Å². The van der Waals surface area contributed by atoms with Crippen LogP contribution in [0.15, 0.2) is 28.7 Å². The van der Waals surface area contributed by atoms with Gasteiger partial charge in [-0.1, -0.05) is 17.7 Å². The monoisotopic (exact) mass is 557 g/mol. The highest BCUT2D eigenvalue weighted by molar-refractivity contribution is 7.20. The van der Waals surface area contributed by atoms with Crippen molar-refractivity contribution >= 4 is 45.7 Å². The molecule has 1 aliphatic carbocycles. The minimum atomic E-state index is -0.801. The van der Waals surface area contributed by atoms with Crippen LogP contribution in [0.2, 0.25) is 4.34 Å². The van der Waals surface area contributed by atoms with Crippen molar-refractivity contribution in [2.24, 2.45) is 0 Å². The number of aryl methyl sites for hydroxylation is 1. The van der Waals surface area contributed by atoms with Gasteiger partial charge in [-0.3, -0.25) is 14.4 Å². The van der Waals surface area contributed by atoms with E-state index < -0.39 is 23.9 Å². The van der Waals surface area contributed by atoms with Gasteiger partial charge in [0.25, 0.3) is 5.91 Å². The zero-order valence-electron chi connectivity index (χ0n) is 21.0. The van der Waals surface area contributed by atoms with Crippen molar-refractivity contribution in [1.82, 2.24) is 30.7 Å². The molecule has 200 valence electrons. The number of likely N-dealkylation sites (N-methyl/N-ethyl adjacent to an activating group) is 1. The Bertz CT molecular complexity index is 1360. The normalized spacial score (nSPS) is 21.4. The molecule has 38 heavy (non-hydrogen) atoms. The summed E-state index contributed by atoms with van der Waals surface area (Å²) >= 11 is 7.07. The van der Waals surface area contributed by atoms with Gasteiger partial charge in [0.1, 0.15) is 5.69 Å². The Labute approximate surface area is 228 Å². The van der Waals surface area contributed by atoms with Crippen LogP contribution in [0.1, 0.15) is 58.7 Å². The first kappa shape index (κ1) is 26.3. The second-order valence-corrected chi connectivity index (χ2v) is 11.4. The van der Waals surface area contributed by atoms with Crippen molar-refractivity contribution in [1.29, 1.82) is 0 Å². The molecule has 3 atom stereocenters. The van der Waals surface area contributed by atoms with Crippen LogP contribution >= 0.6 is 22.9 Å². The highest BCUT2D eigenvalue weighted by atomic mass is 35.5. The molecular weight excluding hydrogens is 530 g/mol. The van der Waals surface area contributed by atoms with E-state index in [1.807, 2.05) is 6.07 Å². The number of nitrogens with one attached hydrogen (secondary N) is 3. The van der Waals surface area contributed by atoms with Crippen LogP contribution in [0.4, 0.5) is 5.00 Å². The third kappa shape index (κ3) is 6.03. The first-order valence-electron chi connectivity index (χ1n) is 12.4. The van der Waals surface area contributed by atoms with Crippen LogP contribution in [0.3, 0.4) is 0 Å². The second kappa shape index (κ2) is 11.2. The summed E-state index contributed by atoms with van der Waals surface area (Å²) in [7, 11) is 2.05. The number of carbonyl (C=O) groups is 3. The molecule has 1 saturated carbocycles. The van der Waals surface area contributed by atoms with Crippen molar-refractivity contribution in [3.8, 4) is 0 Å². The summed E-state index contributed by atoms with van der Waals surface area (Å²) in [6.45, 7) is 3.40. The quantitative estimate of drug-likeness (QED) is 0.406. The molecule has 3 aromatic heterocycles. The number of anilines is 1. The number of rotatable bonds is 5. The van der Waals surface area contributed by atoms with Crippen molar-refractivity contribution in [3.63, 3.8) is 0 Å². The summed E-state index contributed by atoms with van der Waals surface area (Å²) in [6, 6.07) is 5.97. The van der Waals surface area contributed by atoms with E-state index in [0.29, 0.717) is 46.1 Å². The number of thiophene rings is 1. The van der Waals surface area contributed by atoms with Gasteiger partial charge in [-0.25, -0.2) is 4.98 Å². The van der Waals surface area contributed by atoms with Crippen LogP contribution in [0.25, 0.3) is 0 Å². The zero-order valence-corrected chi connectivity index (χ0v) is 22.6. The summed E-state index contributed by atoms with van der Waals surface area (Å²) in [5.41, 5.74) is 2.36. The Balaban J connectivity index is 1.30. The fourth-order valence-electron chi connectivity index (χ4n) is 4.91. The minimum Gasteiger partial charge on any atom is -0.425 e. The van der Waals surface area contributed by atoms with Crippen LogP contribution in [-0.4, -0.2) is 63.5 Å². The minimum absolute atomic E-state index is 0.0937. The van der Waals surface area contributed by atoms with Crippen molar-refractivity contribution in [3.05, 3.63) is 57.3 Å². The van der Waals surface area contributed by atoms with E-state index in [-0.39, 0.29) is 11.8 Å². The molecular formula is C25H28ClN7O4S. The molecule has 1 aliphatic heterocycles.